The first-order valence-corrected chi connectivity index (χ1v) is 7.69. The molecule has 0 aliphatic carbocycles. The summed E-state index contributed by atoms with van der Waals surface area (Å²) in [6.07, 6.45) is 3.25. The standard InChI is InChI=1S/C15H20N2S/c1-15(2)8-13(9-18-10-15)17-12-3-4-14-11(7-12)5-6-16-14/h3-7,13,16-17H,8-10H2,1-2H3. The second-order valence-corrected chi connectivity index (χ2v) is 7.03. The van der Waals surface area contributed by atoms with Gasteiger partial charge in [-0.05, 0) is 41.9 Å². The molecule has 2 nitrogen and oxygen atoms in total. The molecule has 0 saturated carbocycles. The lowest BCUT2D eigenvalue weighted by molar-refractivity contribution is 0.358. The van der Waals surface area contributed by atoms with Crippen LogP contribution < -0.4 is 5.32 Å². The third kappa shape index (κ3) is 2.51. The smallest absolute Gasteiger partial charge is 0.0455 e. The Morgan fingerprint density at radius 2 is 2.22 bits per heavy atom. The molecular weight excluding hydrogens is 240 g/mol. The SMILES string of the molecule is CC1(C)CSCC(Nc2ccc3[nH]ccc3c2)C1. The molecule has 1 saturated heterocycles. The Morgan fingerprint density at radius 3 is 3.06 bits per heavy atom. The third-order valence-corrected chi connectivity index (χ3v) is 5.16. The van der Waals surface area contributed by atoms with E-state index in [1.165, 1.54) is 34.5 Å². The lowest BCUT2D eigenvalue weighted by atomic mass is 9.88. The number of thioether (sulfide) groups is 1. The van der Waals surface area contributed by atoms with Crippen molar-refractivity contribution in [2.24, 2.45) is 5.41 Å². The molecular formula is C15H20N2S. The first-order valence-electron chi connectivity index (χ1n) is 6.54. The first kappa shape index (κ1) is 12.0. The van der Waals surface area contributed by atoms with Crippen molar-refractivity contribution >= 4 is 28.4 Å². The van der Waals surface area contributed by atoms with Crippen LogP contribution in [0.2, 0.25) is 0 Å². The second kappa shape index (κ2) is 4.54. The van der Waals surface area contributed by atoms with Gasteiger partial charge in [0, 0.05) is 34.6 Å². The fourth-order valence-electron chi connectivity index (χ4n) is 2.73. The second-order valence-electron chi connectivity index (χ2n) is 6.00. The summed E-state index contributed by atoms with van der Waals surface area (Å²) in [5.74, 6) is 2.50. The van der Waals surface area contributed by atoms with Crippen LogP contribution in [0.1, 0.15) is 20.3 Å². The van der Waals surface area contributed by atoms with Gasteiger partial charge in [-0.3, -0.25) is 0 Å². The van der Waals surface area contributed by atoms with Crippen LogP contribution in [0.4, 0.5) is 5.69 Å². The zero-order valence-electron chi connectivity index (χ0n) is 11.0. The zero-order chi connectivity index (χ0) is 12.6. The molecule has 0 radical (unpaired) electrons. The van der Waals surface area contributed by atoms with E-state index in [0.717, 1.165) is 0 Å². The van der Waals surface area contributed by atoms with Gasteiger partial charge in [-0.25, -0.2) is 0 Å². The predicted octanol–water partition coefficient (Wildman–Crippen LogP) is 4.11. The number of hydrogen-bond donors (Lipinski definition) is 2. The minimum Gasteiger partial charge on any atom is -0.381 e. The van der Waals surface area contributed by atoms with Gasteiger partial charge in [0.15, 0.2) is 0 Å². The van der Waals surface area contributed by atoms with Gasteiger partial charge >= 0.3 is 0 Å². The molecule has 2 aromatic rings. The van der Waals surface area contributed by atoms with E-state index in [1.54, 1.807) is 0 Å². The van der Waals surface area contributed by atoms with Gasteiger partial charge in [-0.1, -0.05) is 13.8 Å². The van der Waals surface area contributed by atoms with Crippen molar-refractivity contribution in [3.8, 4) is 0 Å². The van der Waals surface area contributed by atoms with Crippen LogP contribution in [-0.4, -0.2) is 22.5 Å². The highest BCUT2D eigenvalue weighted by Crippen LogP contribution is 2.34. The molecule has 1 aromatic carbocycles. The molecule has 18 heavy (non-hydrogen) atoms. The maximum absolute atomic E-state index is 3.68. The highest BCUT2D eigenvalue weighted by Gasteiger charge is 2.28. The molecule has 1 aliphatic heterocycles. The number of aromatic amines is 1. The number of H-pyrrole nitrogens is 1. The molecule has 2 heterocycles. The third-order valence-electron chi connectivity index (χ3n) is 3.53. The Bertz CT molecular complexity index is 544. The Morgan fingerprint density at radius 1 is 1.33 bits per heavy atom. The summed E-state index contributed by atoms with van der Waals surface area (Å²) >= 11 is 2.07. The van der Waals surface area contributed by atoms with E-state index in [4.69, 9.17) is 0 Å². The van der Waals surface area contributed by atoms with Crippen molar-refractivity contribution in [1.29, 1.82) is 0 Å². The number of nitrogens with one attached hydrogen (secondary N) is 2. The summed E-state index contributed by atoms with van der Waals surface area (Å²) < 4.78 is 0. The average Bonchev–Trinajstić information content (AvgIpc) is 2.74. The monoisotopic (exact) mass is 260 g/mol. The summed E-state index contributed by atoms with van der Waals surface area (Å²) in [5.41, 5.74) is 2.91. The van der Waals surface area contributed by atoms with Gasteiger partial charge in [0.05, 0.1) is 0 Å². The van der Waals surface area contributed by atoms with E-state index in [2.05, 4.69) is 60.2 Å². The van der Waals surface area contributed by atoms with Crippen LogP contribution in [0.25, 0.3) is 10.9 Å². The number of anilines is 1. The van der Waals surface area contributed by atoms with Crippen molar-refractivity contribution in [3.05, 3.63) is 30.5 Å². The van der Waals surface area contributed by atoms with E-state index < -0.39 is 0 Å². The topological polar surface area (TPSA) is 27.8 Å². The van der Waals surface area contributed by atoms with E-state index in [0.29, 0.717) is 11.5 Å². The summed E-state index contributed by atoms with van der Waals surface area (Å²) in [4.78, 5) is 3.23. The van der Waals surface area contributed by atoms with E-state index in [-0.39, 0.29) is 0 Å². The van der Waals surface area contributed by atoms with Gasteiger partial charge in [-0.2, -0.15) is 11.8 Å². The van der Waals surface area contributed by atoms with Crippen LogP contribution in [0.15, 0.2) is 30.5 Å². The molecule has 2 N–H and O–H groups in total. The van der Waals surface area contributed by atoms with Gasteiger partial charge in [-0.15, -0.1) is 0 Å². The maximum atomic E-state index is 3.68. The Hall–Kier alpha value is -1.09. The molecule has 96 valence electrons. The minimum atomic E-state index is 0.457. The summed E-state index contributed by atoms with van der Waals surface area (Å²) in [6.45, 7) is 4.73. The molecule has 3 heteroatoms. The van der Waals surface area contributed by atoms with Crippen LogP contribution in [0.5, 0.6) is 0 Å². The van der Waals surface area contributed by atoms with Crippen LogP contribution >= 0.6 is 11.8 Å². The van der Waals surface area contributed by atoms with E-state index >= 15 is 0 Å². The number of fused-ring (bicyclic) bond motifs is 1. The zero-order valence-corrected chi connectivity index (χ0v) is 11.8. The maximum Gasteiger partial charge on any atom is 0.0455 e. The number of hydrogen-bond acceptors (Lipinski definition) is 2. The van der Waals surface area contributed by atoms with Gasteiger partial charge in [0.25, 0.3) is 0 Å². The van der Waals surface area contributed by atoms with Crippen LogP contribution in [0, 0.1) is 5.41 Å². The van der Waals surface area contributed by atoms with Crippen molar-refractivity contribution < 1.29 is 0 Å². The average molecular weight is 260 g/mol. The van der Waals surface area contributed by atoms with Crippen molar-refractivity contribution in [1.82, 2.24) is 4.98 Å². The Kier molecular flexibility index (Phi) is 3.02. The van der Waals surface area contributed by atoms with Crippen molar-refractivity contribution in [3.63, 3.8) is 0 Å². The molecule has 3 rings (SSSR count). The van der Waals surface area contributed by atoms with Crippen LogP contribution in [-0.2, 0) is 0 Å². The molecule has 1 aliphatic rings. The van der Waals surface area contributed by atoms with E-state index in [1.807, 2.05) is 6.20 Å². The fourth-order valence-corrected chi connectivity index (χ4v) is 4.01. The van der Waals surface area contributed by atoms with Gasteiger partial charge in [0.1, 0.15) is 0 Å². The van der Waals surface area contributed by atoms with Crippen LogP contribution in [0.3, 0.4) is 0 Å². The number of aromatic nitrogens is 1. The summed E-state index contributed by atoms with van der Waals surface area (Å²) in [7, 11) is 0. The van der Waals surface area contributed by atoms with Crippen molar-refractivity contribution in [2.75, 3.05) is 16.8 Å². The Labute approximate surface area is 113 Å². The first-order chi connectivity index (χ1) is 8.62. The Balaban J connectivity index is 1.75. The highest BCUT2D eigenvalue weighted by molar-refractivity contribution is 7.99. The quantitative estimate of drug-likeness (QED) is 0.850. The lowest BCUT2D eigenvalue weighted by Gasteiger charge is -2.35. The molecule has 1 aromatic heterocycles. The molecule has 1 atom stereocenters. The largest absolute Gasteiger partial charge is 0.381 e. The summed E-state index contributed by atoms with van der Waals surface area (Å²) in [5, 5.41) is 4.96. The summed E-state index contributed by atoms with van der Waals surface area (Å²) in [6, 6.07) is 9.28. The van der Waals surface area contributed by atoms with Gasteiger partial charge in [0.2, 0.25) is 0 Å². The molecule has 0 bridgehead atoms. The van der Waals surface area contributed by atoms with E-state index in [9.17, 15) is 0 Å². The predicted molar refractivity (Wildman–Crippen MR) is 81.4 cm³/mol. The molecule has 1 unspecified atom stereocenters. The minimum absolute atomic E-state index is 0.457. The lowest BCUT2D eigenvalue weighted by Crippen LogP contribution is -2.35. The molecule has 0 spiro atoms. The molecule has 0 amide bonds. The van der Waals surface area contributed by atoms with Gasteiger partial charge < -0.3 is 10.3 Å². The van der Waals surface area contributed by atoms with Crippen molar-refractivity contribution in [2.45, 2.75) is 26.3 Å². The number of rotatable bonds is 2. The highest BCUT2D eigenvalue weighted by atomic mass is 32.2. The molecule has 1 fully saturated rings. The normalized spacial score (nSPS) is 23.1. The number of benzene rings is 1. The fraction of sp³-hybridized carbons (Fsp3) is 0.467.